The van der Waals surface area contributed by atoms with Crippen LogP contribution in [-0.2, 0) is 14.9 Å². The molecule has 0 spiro atoms. The van der Waals surface area contributed by atoms with Gasteiger partial charge in [-0.15, -0.1) is 0 Å². The molecule has 0 radical (unpaired) electrons. The molecule has 1 amide bonds. The molecule has 0 unspecified atom stereocenters. The highest BCUT2D eigenvalue weighted by molar-refractivity contribution is 5.88. The van der Waals surface area contributed by atoms with Crippen LogP contribution < -0.4 is 5.73 Å². The fourth-order valence-electron chi connectivity index (χ4n) is 3.36. The first-order valence-electron chi connectivity index (χ1n) is 8.41. The number of hydrogen-bond donors (Lipinski definition) is 1. The molecule has 0 aromatic heterocycles. The molecule has 4 heteroatoms. The third-order valence-corrected chi connectivity index (χ3v) is 4.92. The van der Waals surface area contributed by atoms with Gasteiger partial charge in [0.25, 0.3) is 0 Å². The summed E-state index contributed by atoms with van der Waals surface area (Å²) in [5.74, 6) is 0.186. The second-order valence-electron chi connectivity index (χ2n) is 7.59. The number of benzene rings is 1. The fourth-order valence-corrected chi connectivity index (χ4v) is 3.36. The van der Waals surface area contributed by atoms with Crippen LogP contribution in [0.1, 0.15) is 37.8 Å². The Hall–Kier alpha value is -1.39. The highest BCUT2D eigenvalue weighted by Crippen LogP contribution is 2.37. The second kappa shape index (κ2) is 7.02. The summed E-state index contributed by atoms with van der Waals surface area (Å²) in [6.45, 7) is 8.75. The Morgan fingerprint density at radius 2 is 1.83 bits per heavy atom. The number of hydrogen-bond acceptors (Lipinski definition) is 3. The monoisotopic (exact) mass is 318 g/mol. The minimum absolute atomic E-state index is 0.0793. The van der Waals surface area contributed by atoms with E-state index in [2.05, 4.69) is 45.0 Å². The molecule has 4 nitrogen and oxygen atoms in total. The van der Waals surface area contributed by atoms with Crippen molar-refractivity contribution in [2.75, 3.05) is 33.4 Å². The summed E-state index contributed by atoms with van der Waals surface area (Å²) in [7, 11) is 1.89. The topological polar surface area (TPSA) is 55.6 Å². The standard InChI is InChI=1S/C19H30N2O2/c1-15-5-7-16(8-6-15)19(9-11-23-12-10-19)17(22)21(4)14-18(2,3)13-20/h5-8H,9-14,20H2,1-4H3. The molecule has 1 heterocycles. The van der Waals surface area contributed by atoms with Crippen LogP contribution >= 0.6 is 0 Å². The van der Waals surface area contributed by atoms with Gasteiger partial charge in [0, 0.05) is 26.8 Å². The number of carbonyl (C=O) groups is 1. The normalized spacial score (nSPS) is 17.8. The molecule has 128 valence electrons. The quantitative estimate of drug-likeness (QED) is 0.907. The van der Waals surface area contributed by atoms with E-state index in [9.17, 15) is 4.79 Å². The number of rotatable bonds is 5. The predicted molar refractivity (Wildman–Crippen MR) is 93.4 cm³/mol. The van der Waals surface area contributed by atoms with Crippen molar-refractivity contribution in [2.24, 2.45) is 11.1 Å². The van der Waals surface area contributed by atoms with E-state index < -0.39 is 5.41 Å². The molecule has 0 bridgehead atoms. The summed E-state index contributed by atoms with van der Waals surface area (Å²) < 4.78 is 5.53. The number of carbonyl (C=O) groups excluding carboxylic acids is 1. The van der Waals surface area contributed by atoms with Gasteiger partial charge in [-0.1, -0.05) is 43.7 Å². The van der Waals surface area contributed by atoms with Crippen LogP contribution in [0.25, 0.3) is 0 Å². The molecule has 2 rings (SSSR count). The lowest BCUT2D eigenvalue weighted by Crippen LogP contribution is -2.51. The van der Waals surface area contributed by atoms with Gasteiger partial charge in [-0.3, -0.25) is 4.79 Å². The Labute approximate surface area is 140 Å². The van der Waals surface area contributed by atoms with E-state index >= 15 is 0 Å². The van der Waals surface area contributed by atoms with Gasteiger partial charge in [0.1, 0.15) is 0 Å². The van der Waals surface area contributed by atoms with E-state index in [4.69, 9.17) is 10.5 Å². The minimum atomic E-state index is -0.467. The van der Waals surface area contributed by atoms with Gasteiger partial charge >= 0.3 is 0 Å². The zero-order valence-electron chi connectivity index (χ0n) is 14.9. The van der Waals surface area contributed by atoms with Crippen molar-refractivity contribution < 1.29 is 9.53 Å². The first kappa shape index (κ1) is 18.0. The Kier molecular flexibility index (Phi) is 5.48. The molecule has 23 heavy (non-hydrogen) atoms. The molecule has 1 aromatic rings. The molecule has 0 saturated carbocycles. The molecule has 1 aromatic carbocycles. The van der Waals surface area contributed by atoms with Gasteiger partial charge in [-0.25, -0.2) is 0 Å². The summed E-state index contributed by atoms with van der Waals surface area (Å²) in [5.41, 5.74) is 7.60. The highest BCUT2D eigenvalue weighted by atomic mass is 16.5. The van der Waals surface area contributed by atoms with Gasteiger partial charge in [0.05, 0.1) is 5.41 Å². The van der Waals surface area contributed by atoms with Gasteiger partial charge in [-0.2, -0.15) is 0 Å². The number of nitrogens with two attached hydrogens (primary N) is 1. The Morgan fingerprint density at radius 1 is 1.26 bits per heavy atom. The molecule has 1 saturated heterocycles. The van der Waals surface area contributed by atoms with Gasteiger partial charge < -0.3 is 15.4 Å². The van der Waals surface area contributed by atoms with Crippen LogP contribution in [0.2, 0.25) is 0 Å². The van der Waals surface area contributed by atoms with Gasteiger partial charge in [0.2, 0.25) is 5.91 Å². The summed E-state index contributed by atoms with van der Waals surface area (Å²) in [6.07, 6.45) is 1.48. The number of aryl methyl sites for hydroxylation is 1. The molecule has 1 aliphatic rings. The lowest BCUT2D eigenvalue weighted by atomic mass is 9.72. The Bertz CT molecular complexity index is 531. The third-order valence-electron chi connectivity index (χ3n) is 4.92. The minimum Gasteiger partial charge on any atom is -0.381 e. The van der Waals surface area contributed by atoms with Crippen molar-refractivity contribution in [2.45, 2.75) is 39.0 Å². The van der Waals surface area contributed by atoms with Crippen molar-refractivity contribution in [3.63, 3.8) is 0 Å². The van der Waals surface area contributed by atoms with E-state index in [1.165, 1.54) is 5.56 Å². The number of nitrogens with zero attached hydrogens (tertiary/aromatic N) is 1. The Balaban J connectivity index is 2.30. The van der Waals surface area contributed by atoms with Crippen LogP contribution in [0.15, 0.2) is 24.3 Å². The summed E-state index contributed by atoms with van der Waals surface area (Å²) >= 11 is 0. The summed E-state index contributed by atoms with van der Waals surface area (Å²) in [6, 6.07) is 8.37. The summed E-state index contributed by atoms with van der Waals surface area (Å²) in [5, 5.41) is 0. The zero-order valence-corrected chi connectivity index (χ0v) is 14.9. The van der Waals surface area contributed by atoms with E-state index in [-0.39, 0.29) is 11.3 Å². The van der Waals surface area contributed by atoms with E-state index in [1.54, 1.807) is 0 Å². The van der Waals surface area contributed by atoms with Crippen molar-refractivity contribution in [1.29, 1.82) is 0 Å². The number of ether oxygens (including phenoxy) is 1. The van der Waals surface area contributed by atoms with Crippen LogP contribution in [0.4, 0.5) is 0 Å². The van der Waals surface area contributed by atoms with Crippen LogP contribution in [0.3, 0.4) is 0 Å². The maximum absolute atomic E-state index is 13.3. The van der Waals surface area contributed by atoms with Gasteiger partial charge in [-0.05, 0) is 37.3 Å². The predicted octanol–water partition coefficient (Wildman–Crippen LogP) is 2.49. The fraction of sp³-hybridized carbons (Fsp3) is 0.632. The lowest BCUT2D eigenvalue weighted by molar-refractivity contribution is -0.141. The third kappa shape index (κ3) is 3.93. The van der Waals surface area contributed by atoms with Crippen LogP contribution in [0.5, 0.6) is 0 Å². The van der Waals surface area contributed by atoms with E-state index in [0.717, 1.165) is 18.4 Å². The number of likely N-dealkylation sites (N-methyl/N-ethyl adjacent to an activating group) is 1. The average Bonchev–Trinajstić information content (AvgIpc) is 2.55. The van der Waals surface area contributed by atoms with E-state index in [0.29, 0.717) is 26.3 Å². The first-order chi connectivity index (χ1) is 10.8. The maximum Gasteiger partial charge on any atom is 0.233 e. The highest BCUT2D eigenvalue weighted by Gasteiger charge is 2.43. The molecule has 0 atom stereocenters. The van der Waals surface area contributed by atoms with E-state index in [1.807, 2.05) is 11.9 Å². The van der Waals surface area contributed by atoms with Crippen molar-refractivity contribution in [3.8, 4) is 0 Å². The smallest absolute Gasteiger partial charge is 0.233 e. The van der Waals surface area contributed by atoms with Crippen molar-refractivity contribution in [1.82, 2.24) is 4.90 Å². The molecule has 0 aliphatic carbocycles. The molecular formula is C19H30N2O2. The maximum atomic E-state index is 13.3. The lowest BCUT2D eigenvalue weighted by Gasteiger charge is -2.41. The second-order valence-corrected chi connectivity index (χ2v) is 7.59. The first-order valence-corrected chi connectivity index (χ1v) is 8.41. The Morgan fingerprint density at radius 3 is 2.35 bits per heavy atom. The molecule has 2 N–H and O–H groups in total. The van der Waals surface area contributed by atoms with Crippen LogP contribution in [-0.4, -0.2) is 44.2 Å². The summed E-state index contributed by atoms with van der Waals surface area (Å²) in [4.78, 5) is 15.2. The molecular weight excluding hydrogens is 288 g/mol. The average molecular weight is 318 g/mol. The number of amides is 1. The zero-order chi connectivity index (χ0) is 17.1. The largest absolute Gasteiger partial charge is 0.381 e. The van der Waals surface area contributed by atoms with Crippen LogP contribution in [0, 0.1) is 12.3 Å². The van der Waals surface area contributed by atoms with Crippen molar-refractivity contribution in [3.05, 3.63) is 35.4 Å². The van der Waals surface area contributed by atoms with Crippen molar-refractivity contribution >= 4 is 5.91 Å². The molecule has 1 fully saturated rings. The van der Waals surface area contributed by atoms with Gasteiger partial charge in [0.15, 0.2) is 0 Å². The SMILES string of the molecule is Cc1ccc(C2(C(=O)N(C)CC(C)(C)CN)CCOCC2)cc1. The molecule has 1 aliphatic heterocycles.